The zero-order valence-corrected chi connectivity index (χ0v) is 17.6. The van der Waals surface area contributed by atoms with Gasteiger partial charge in [-0.2, -0.15) is 0 Å². The first kappa shape index (κ1) is 22.2. The number of nitrogens with one attached hydrogen (secondary N) is 3. The van der Waals surface area contributed by atoms with Gasteiger partial charge in [-0.15, -0.1) is 11.3 Å². The van der Waals surface area contributed by atoms with Crippen molar-refractivity contribution in [2.45, 2.75) is 59.5 Å². The summed E-state index contributed by atoms with van der Waals surface area (Å²) in [5.74, 6) is 1.20. The number of carbonyl (C=O) groups is 1. The number of carbonyl (C=O) groups excluding carboxylic acids is 1. The summed E-state index contributed by atoms with van der Waals surface area (Å²) in [5.41, 5.74) is 0.601. The number of thiazole rings is 1. The molecule has 0 bridgehead atoms. The normalized spacial score (nSPS) is 12.2. The average Bonchev–Trinajstić information content (AvgIpc) is 2.99. The lowest BCUT2D eigenvalue weighted by Crippen LogP contribution is -2.42. The van der Waals surface area contributed by atoms with E-state index in [0.29, 0.717) is 25.6 Å². The molecule has 0 aromatic carbocycles. The lowest BCUT2D eigenvalue weighted by Gasteiger charge is -2.19. The minimum Gasteiger partial charge on any atom is -0.444 e. The third-order valence-electron chi connectivity index (χ3n) is 3.13. The number of aliphatic imine (C=N–C) groups is 1. The fourth-order valence-corrected chi connectivity index (χ4v) is 2.86. The van der Waals surface area contributed by atoms with E-state index >= 15 is 0 Å². The van der Waals surface area contributed by atoms with E-state index in [4.69, 9.17) is 4.74 Å². The van der Waals surface area contributed by atoms with Crippen LogP contribution in [-0.4, -0.2) is 48.8 Å². The Bertz CT molecular complexity index is 578. The van der Waals surface area contributed by atoms with Gasteiger partial charge >= 0.3 is 6.09 Å². The molecule has 148 valence electrons. The van der Waals surface area contributed by atoms with Gasteiger partial charge in [-0.3, -0.25) is 4.99 Å². The summed E-state index contributed by atoms with van der Waals surface area (Å²) in [6.45, 7) is 14.3. The van der Waals surface area contributed by atoms with E-state index in [9.17, 15) is 4.79 Å². The van der Waals surface area contributed by atoms with Gasteiger partial charge < -0.3 is 20.7 Å². The van der Waals surface area contributed by atoms with Crippen LogP contribution in [0.4, 0.5) is 4.79 Å². The van der Waals surface area contributed by atoms with Gasteiger partial charge in [0.05, 0.1) is 10.7 Å². The first-order valence-electron chi connectivity index (χ1n) is 9.14. The third kappa shape index (κ3) is 9.60. The van der Waals surface area contributed by atoms with E-state index in [2.05, 4.69) is 45.2 Å². The highest BCUT2D eigenvalue weighted by Crippen LogP contribution is 2.19. The Labute approximate surface area is 161 Å². The maximum Gasteiger partial charge on any atom is 0.407 e. The highest BCUT2D eigenvalue weighted by atomic mass is 32.1. The van der Waals surface area contributed by atoms with Crippen LogP contribution in [0.2, 0.25) is 0 Å². The fourth-order valence-electron chi connectivity index (χ4n) is 1.99. The van der Waals surface area contributed by atoms with Crippen molar-refractivity contribution in [2.75, 3.05) is 26.2 Å². The zero-order chi connectivity index (χ0) is 19.6. The zero-order valence-electron chi connectivity index (χ0n) is 16.8. The predicted molar refractivity (Wildman–Crippen MR) is 108 cm³/mol. The third-order valence-corrected chi connectivity index (χ3v) is 4.33. The van der Waals surface area contributed by atoms with E-state index in [1.54, 1.807) is 11.3 Å². The molecule has 0 unspecified atom stereocenters. The molecule has 0 spiro atoms. The number of ether oxygens (including phenoxy) is 1. The first-order valence-corrected chi connectivity index (χ1v) is 10.0. The molecule has 1 heterocycles. The monoisotopic (exact) mass is 383 g/mol. The molecule has 0 aliphatic rings. The van der Waals surface area contributed by atoms with Crippen molar-refractivity contribution in [3.8, 4) is 0 Å². The number of hydrogen-bond acceptors (Lipinski definition) is 5. The molecule has 0 aliphatic carbocycles. The highest BCUT2D eigenvalue weighted by Gasteiger charge is 2.15. The van der Waals surface area contributed by atoms with Gasteiger partial charge in [-0.25, -0.2) is 9.78 Å². The van der Waals surface area contributed by atoms with E-state index in [1.807, 2.05) is 27.7 Å². The molecule has 0 aliphatic heterocycles. The summed E-state index contributed by atoms with van der Waals surface area (Å²) in [6, 6.07) is 0. The van der Waals surface area contributed by atoms with Crippen molar-refractivity contribution >= 4 is 23.4 Å². The topological polar surface area (TPSA) is 87.6 Å². The van der Waals surface area contributed by atoms with Crippen molar-refractivity contribution in [2.24, 2.45) is 4.99 Å². The van der Waals surface area contributed by atoms with Crippen LogP contribution in [0, 0.1) is 0 Å². The molecule has 0 saturated carbocycles. The van der Waals surface area contributed by atoms with Gasteiger partial charge in [0, 0.05) is 43.9 Å². The van der Waals surface area contributed by atoms with Crippen LogP contribution >= 0.6 is 11.3 Å². The molecular formula is C18H33N5O2S. The summed E-state index contributed by atoms with van der Waals surface area (Å²) in [7, 11) is 0. The van der Waals surface area contributed by atoms with Gasteiger partial charge in [0.15, 0.2) is 5.96 Å². The number of nitrogens with zero attached hydrogens (tertiary/aromatic N) is 2. The molecule has 1 rings (SSSR count). The summed E-state index contributed by atoms with van der Waals surface area (Å²) in [4.78, 5) is 20.8. The Kier molecular flexibility index (Phi) is 9.40. The van der Waals surface area contributed by atoms with Gasteiger partial charge in [0.2, 0.25) is 0 Å². The van der Waals surface area contributed by atoms with Crippen LogP contribution < -0.4 is 16.0 Å². The second-order valence-electron chi connectivity index (χ2n) is 7.20. The second-order valence-corrected chi connectivity index (χ2v) is 8.09. The summed E-state index contributed by atoms with van der Waals surface area (Å²) < 4.78 is 5.20. The lowest BCUT2D eigenvalue weighted by atomic mass is 10.2. The fraction of sp³-hybridized carbons (Fsp3) is 0.722. The largest absolute Gasteiger partial charge is 0.444 e. The minimum atomic E-state index is -0.487. The minimum absolute atomic E-state index is 0.411. The molecule has 1 amide bonds. The van der Waals surface area contributed by atoms with Gasteiger partial charge in [0.25, 0.3) is 0 Å². The lowest BCUT2D eigenvalue weighted by molar-refractivity contribution is 0.0529. The molecule has 0 saturated heterocycles. The van der Waals surface area contributed by atoms with Crippen LogP contribution in [-0.2, 0) is 11.2 Å². The van der Waals surface area contributed by atoms with E-state index in [1.165, 1.54) is 5.01 Å². The van der Waals surface area contributed by atoms with Crippen LogP contribution in [0.3, 0.4) is 0 Å². The Hall–Kier alpha value is -1.83. The number of amides is 1. The van der Waals surface area contributed by atoms with Crippen LogP contribution in [0.1, 0.15) is 58.2 Å². The molecule has 3 N–H and O–H groups in total. The Morgan fingerprint density at radius 1 is 1.27 bits per heavy atom. The van der Waals surface area contributed by atoms with Crippen molar-refractivity contribution in [3.05, 3.63) is 16.1 Å². The quantitative estimate of drug-likeness (QED) is 0.365. The number of alkyl carbamates (subject to hydrolysis) is 1. The molecule has 0 radical (unpaired) electrons. The number of hydrogen-bond donors (Lipinski definition) is 3. The van der Waals surface area contributed by atoms with Gasteiger partial charge in [-0.1, -0.05) is 13.8 Å². The molecule has 26 heavy (non-hydrogen) atoms. The molecule has 1 aromatic rings. The van der Waals surface area contributed by atoms with E-state index in [-0.39, 0.29) is 0 Å². The summed E-state index contributed by atoms with van der Waals surface area (Å²) in [6.07, 6.45) is 0.404. The summed E-state index contributed by atoms with van der Waals surface area (Å²) >= 11 is 1.71. The summed E-state index contributed by atoms with van der Waals surface area (Å²) in [5, 5.41) is 12.4. The smallest absolute Gasteiger partial charge is 0.407 e. The molecule has 0 fully saturated rings. The average molecular weight is 384 g/mol. The van der Waals surface area contributed by atoms with Crippen molar-refractivity contribution in [3.63, 3.8) is 0 Å². The molecule has 1 aromatic heterocycles. The number of aromatic nitrogens is 1. The Morgan fingerprint density at radius 3 is 2.54 bits per heavy atom. The maximum atomic E-state index is 11.6. The first-order chi connectivity index (χ1) is 12.2. The molecular weight excluding hydrogens is 350 g/mol. The highest BCUT2D eigenvalue weighted by molar-refractivity contribution is 7.09. The number of guanidine groups is 1. The molecule has 0 atom stereocenters. The second kappa shape index (κ2) is 11.0. The van der Waals surface area contributed by atoms with E-state index in [0.717, 1.165) is 24.6 Å². The standard InChI is InChI=1S/C18H33N5O2S/c1-7-19-16(21-10-11-22-17(24)25-18(4,5)6)20-9-8-14-12-26-15(23-14)13(2)3/h12-13H,7-11H2,1-6H3,(H,22,24)(H2,19,20,21). The maximum absolute atomic E-state index is 11.6. The SMILES string of the molecule is CCNC(=NCCc1csc(C(C)C)n1)NCCNC(=O)OC(C)(C)C. The molecule has 8 heteroatoms. The van der Waals surface area contributed by atoms with Gasteiger partial charge in [0.1, 0.15) is 5.60 Å². The van der Waals surface area contributed by atoms with Gasteiger partial charge in [-0.05, 0) is 27.7 Å². The Balaban J connectivity index is 2.35. The van der Waals surface area contributed by atoms with Crippen molar-refractivity contribution in [1.82, 2.24) is 20.9 Å². The predicted octanol–water partition coefficient (Wildman–Crippen LogP) is 2.89. The van der Waals surface area contributed by atoms with Crippen LogP contribution in [0.5, 0.6) is 0 Å². The van der Waals surface area contributed by atoms with Crippen LogP contribution in [0.25, 0.3) is 0 Å². The molecule has 7 nitrogen and oxygen atoms in total. The van der Waals surface area contributed by atoms with E-state index < -0.39 is 11.7 Å². The van der Waals surface area contributed by atoms with Crippen molar-refractivity contribution < 1.29 is 9.53 Å². The number of rotatable bonds is 8. The van der Waals surface area contributed by atoms with Crippen molar-refractivity contribution in [1.29, 1.82) is 0 Å². The van der Waals surface area contributed by atoms with Crippen LogP contribution in [0.15, 0.2) is 10.4 Å². The Morgan fingerprint density at radius 2 is 1.96 bits per heavy atom.